The largest absolute Gasteiger partial charge is 0.480 e. The van der Waals surface area contributed by atoms with E-state index >= 15 is 0 Å². The number of aliphatic hydroxyl groups is 1. The third kappa shape index (κ3) is 6.61. The fraction of sp³-hybridized carbons (Fsp3) is 0.259. The molecule has 4 rings (SSSR count). The fourth-order valence-electron chi connectivity index (χ4n) is 4.39. The minimum atomic E-state index is -1.38. The highest BCUT2D eigenvalue weighted by Crippen LogP contribution is 2.20. The predicted octanol–water partition coefficient (Wildman–Crippen LogP) is -0.0756. The molecule has 12 nitrogen and oxygen atoms in total. The molecule has 2 aromatic heterocycles. The average molecular weight is 535 g/mol. The van der Waals surface area contributed by atoms with Crippen LogP contribution in [0.25, 0.3) is 21.8 Å². The number of carbonyl (C=O) groups excluding carboxylic acids is 3. The van der Waals surface area contributed by atoms with Gasteiger partial charge in [0, 0.05) is 40.6 Å². The second-order valence-electron chi connectivity index (χ2n) is 9.15. The summed E-state index contributed by atoms with van der Waals surface area (Å²) in [6, 6.07) is 11.4. The molecule has 0 fully saturated rings. The lowest BCUT2D eigenvalue weighted by Gasteiger charge is -2.23. The normalized spacial score (nSPS) is 13.5. The smallest absolute Gasteiger partial charge is 0.322 e. The topological polar surface area (TPSA) is 202 Å². The SMILES string of the molecule is N[C@@H](Cc1c[nH]c2ccccc12)C(=O)N[C@@H](CO)C(=O)N[C@@H](Cc1c[nH]c2ccccc12)C(=O)NCC(=O)O. The Morgan fingerprint density at radius 2 is 1.31 bits per heavy atom. The highest BCUT2D eigenvalue weighted by molar-refractivity contribution is 5.95. The van der Waals surface area contributed by atoms with Gasteiger partial charge in [0.05, 0.1) is 12.6 Å². The summed E-state index contributed by atoms with van der Waals surface area (Å²) < 4.78 is 0. The lowest BCUT2D eigenvalue weighted by molar-refractivity contribution is -0.138. The van der Waals surface area contributed by atoms with Crippen LogP contribution in [0.2, 0.25) is 0 Å². The Morgan fingerprint density at radius 3 is 1.87 bits per heavy atom. The van der Waals surface area contributed by atoms with Crippen LogP contribution < -0.4 is 21.7 Å². The molecular weight excluding hydrogens is 504 g/mol. The molecule has 2 aromatic carbocycles. The number of para-hydroxylation sites is 2. The number of aromatic nitrogens is 2. The van der Waals surface area contributed by atoms with Crippen molar-refractivity contribution in [3.8, 4) is 0 Å². The highest BCUT2D eigenvalue weighted by Gasteiger charge is 2.29. The van der Waals surface area contributed by atoms with Gasteiger partial charge in [0.15, 0.2) is 0 Å². The quantitative estimate of drug-likeness (QED) is 0.124. The van der Waals surface area contributed by atoms with Gasteiger partial charge >= 0.3 is 5.97 Å². The average Bonchev–Trinajstić information content (AvgIpc) is 3.53. The Kier molecular flexibility index (Phi) is 8.59. The molecule has 0 unspecified atom stereocenters. The number of H-pyrrole nitrogens is 2. The van der Waals surface area contributed by atoms with Crippen molar-refractivity contribution >= 4 is 45.5 Å². The first-order valence-electron chi connectivity index (χ1n) is 12.3. The van der Waals surface area contributed by atoms with Crippen molar-refractivity contribution in [1.82, 2.24) is 25.9 Å². The highest BCUT2D eigenvalue weighted by atomic mass is 16.4. The summed E-state index contributed by atoms with van der Waals surface area (Å²) in [5.74, 6) is -3.45. The number of aliphatic hydroxyl groups excluding tert-OH is 1. The zero-order chi connectivity index (χ0) is 27.9. The van der Waals surface area contributed by atoms with Gasteiger partial charge in [-0.1, -0.05) is 36.4 Å². The van der Waals surface area contributed by atoms with E-state index in [4.69, 9.17) is 10.8 Å². The monoisotopic (exact) mass is 534 g/mol. The second kappa shape index (κ2) is 12.2. The van der Waals surface area contributed by atoms with Crippen molar-refractivity contribution in [3.05, 3.63) is 72.1 Å². The summed E-state index contributed by atoms with van der Waals surface area (Å²) in [7, 11) is 0. The second-order valence-corrected chi connectivity index (χ2v) is 9.15. The summed E-state index contributed by atoms with van der Waals surface area (Å²) in [5, 5.41) is 27.8. The van der Waals surface area contributed by atoms with E-state index in [1.54, 1.807) is 12.4 Å². The number of carboxylic acid groups (broad SMARTS) is 1. The predicted molar refractivity (Wildman–Crippen MR) is 144 cm³/mol. The number of hydrogen-bond donors (Lipinski definition) is 8. The van der Waals surface area contributed by atoms with Gasteiger partial charge in [0.2, 0.25) is 17.7 Å². The van der Waals surface area contributed by atoms with Crippen LogP contribution in [0.4, 0.5) is 0 Å². The first kappa shape index (κ1) is 27.4. The lowest BCUT2D eigenvalue weighted by atomic mass is 10.0. The molecule has 2 heterocycles. The summed E-state index contributed by atoms with van der Waals surface area (Å²) in [6.45, 7) is -1.38. The zero-order valence-electron chi connectivity index (χ0n) is 20.9. The van der Waals surface area contributed by atoms with Crippen LogP contribution in [0.5, 0.6) is 0 Å². The van der Waals surface area contributed by atoms with Gasteiger partial charge in [0.1, 0.15) is 18.6 Å². The van der Waals surface area contributed by atoms with Gasteiger partial charge in [-0.05, 0) is 29.7 Å². The van der Waals surface area contributed by atoms with Crippen LogP contribution in [0, 0.1) is 0 Å². The fourth-order valence-corrected chi connectivity index (χ4v) is 4.39. The molecule has 0 spiro atoms. The van der Waals surface area contributed by atoms with Gasteiger partial charge in [-0.2, -0.15) is 0 Å². The molecule has 0 bridgehead atoms. The van der Waals surface area contributed by atoms with Gasteiger partial charge in [-0.15, -0.1) is 0 Å². The van der Waals surface area contributed by atoms with Gasteiger partial charge in [0.25, 0.3) is 0 Å². The van der Waals surface area contributed by atoms with Crippen LogP contribution >= 0.6 is 0 Å². The molecule has 0 aliphatic rings. The van der Waals surface area contributed by atoms with Crippen LogP contribution in [-0.2, 0) is 32.0 Å². The van der Waals surface area contributed by atoms with Gasteiger partial charge in [-0.25, -0.2) is 0 Å². The summed E-state index contributed by atoms with van der Waals surface area (Å²) in [4.78, 5) is 55.8. The van der Waals surface area contributed by atoms with Crippen molar-refractivity contribution in [3.63, 3.8) is 0 Å². The van der Waals surface area contributed by atoms with Gasteiger partial charge in [-0.3, -0.25) is 19.2 Å². The van der Waals surface area contributed by atoms with E-state index in [9.17, 15) is 24.3 Å². The molecule has 3 amide bonds. The van der Waals surface area contributed by atoms with Crippen molar-refractivity contribution < 1.29 is 29.4 Å². The molecule has 0 aliphatic heterocycles. The molecule has 0 radical (unpaired) electrons. The van der Waals surface area contributed by atoms with Crippen molar-refractivity contribution in [2.45, 2.75) is 31.0 Å². The van der Waals surface area contributed by atoms with Crippen LogP contribution in [0.15, 0.2) is 60.9 Å². The maximum absolute atomic E-state index is 13.0. The van der Waals surface area contributed by atoms with Crippen LogP contribution in [-0.4, -0.2) is 75.1 Å². The number of benzene rings is 2. The number of fused-ring (bicyclic) bond motifs is 2. The molecule has 39 heavy (non-hydrogen) atoms. The first-order valence-corrected chi connectivity index (χ1v) is 12.3. The molecule has 0 aliphatic carbocycles. The minimum Gasteiger partial charge on any atom is -0.480 e. The number of carboxylic acids is 1. The Labute approximate surface area is 223 Å². The van der Waals surface area contributed by atoms with E-state index in [1.165, 1.54) is 0 Å². The molecule has 3 atom stereocenters. The number of amides is 3. The van der Waals surface area contributed by atoms with Gasteiger partial charge < -0.3 is 41.9 Å². The molecule has 9 N–H and O–H groups in total. The molecule has 204 valence electrons. The Bertz CT molecular complexity index is 1490. The number of aromatic amines is 2. The molecule has 4 aromatic rings. The third-order valence-corrected chi connectivity index (χ3v) is 6.41. The summed E-state index contributed by atoms with van der Waals surface area (Å²) in [5.41, 5.74) is 9.37. The Balaban J connectivity index is 1.43. The van der Waals surface area contributed by atoms with Crippen molar-refractivity contribution in [2.75, 3.05) is 13.2 Å². The molecular formula is C27H30N6O6. The van der Waals surface area contributed by atoms with E-state index in [2.05, 4.69) is 25.9 Å². The van der Waals surface area contributed by atoms with Crippen LogP contribution in [0.3, 0.4) is 0 Å². The lowest BCUT2D eigenvalue weighted by Crippen LogP contribution is -2.57. The van der Waals surface area contributed by atoms with E-state index in [0.717, 1.165) is 27.4 Å². The number of rotatable bonds is 12. The molecule has 0 saturated carbocycles. The maximum atomic E-state index is 13.0. The van der Waals surface area contributed by atoms with Crippen molar-refractivity contribution in [1.29, 1.82) is 0 Å². The summed E-state index contributed by atoms with van der Waals surface area (Å²) in [6.07, 6.45) is 3.69. The number of carbonyl (C=O) groups is 4. The first-order chi connectivity index (χ1) is 18.8. The number of nitrogens with one attached hydrogen (secondary N) is 5. The maximum Gasteiger partial charge on any atom is 0.322 e. The van der Waals surface area contributed by atoms with E-state index < -0.39 is 55.0 Å². The molecule has 0 saturated heterocycles. The van der Waals surface area contributed by atoms with Crippen LogP contribution in [0.1, 0.15) is 11.1 Å². The zero-order valence-corrected chi connectivity index (χ0v) is 20.9. The number of nitrogens with two attached hydrogens (primary N) is 1. The minimum absolute atomic E-state index is 0.0351. The third-order valence-electron chi connectivity index (χ3n) is 6.41. The Hall–Kier alpha value is -4.68. The number of hydrogen-bond acceptors (Lipinski definition) is 6. The number of aliphatic carboxylic acids is 1. The summed E-state index contributed by atoms with van der Waals surface area (Å²) >= 11 is 0. The van der Waals surface area contributed by atoms with E-state index in [0.29, 0.717) is 5.56 Å². The van der Waals surface area contributed by atoms with E-state index in [-0.39, 0.29) is 12.8 Å². The Morgan fingerprint density at radius 1 is 0.769 bits per heavy atom. The van der Waals surface area contributed by atoms with Crippen molar-refractivity contribution in [2.24, 2.45) is 5.73 Å². The molecule has 12 heteroatoms. The standard InChI is InChI=1S/C27H30N6O6/c28-19(9-15-11-29-20-7-3-1-5-17(15)20)25(37)33-23(14-34)27(39)32-22(26(38)31-13-24(35)36)10-16-12-30-21-8-4-2-6-18(16)21/h1-8,11-12,19,22-23,29-30,34H,9-10,13-14,28H2,(H,31,38)(H,32,39)(H,33,37)(H,35,36)/t19-,22-,23-/m0/s1. The van der Waals surface area contributed by atoms with E-state index in [1.807, 2.05) is 48.5 Å².